The molecule has 0 unspecified atom stereocenters. The Morgan fingerprint density at radius 3 is 2.17 bits per heavy atom. The van der Waals surface area contributed by atoms with Gasteiger partial charge in [0.05, 0.1) is 11.6 Å². The fraction of sp³-hybridized carbons (Fsp3) is 0.812. The molecular formula is C16H22N2. The van der Waals surface area contributed by atoms with E-state index in [-0.39, 0.29) is 5.41 Å². The van der Waals surface area contributed by atoms with Gasteiger partial charge in [0.1, 0.15) is 0 Å². The Morgan fingerprint density at radius 2 is 1.72 bits per heavy atom. The third-order valence-corrected chi connectivity index (χ3v) is 5.92. The molecule has 2 heteroatoms. The van der Waals surface area contributed by atoms with E-state index in [1.807, 2.05) is 0 Å². The maximum Gasteiger partial charge on any atom is 0.0971 e. The second kappa shape index (κ2) is 3.76. The van der Waals surface area contributed by atoms with Gasteiger partial charge >= 0.3 is 0 Å². The van der Waals surface area contributed by atoms with Crippen LogP contribution < -0.4 is 5.32 Å². The Bertz CT molecular complexity index is 397. The molecule has 0 spiro atoms. The highest BCUT2D eigenvalue weighted by molar-refractivity contribution is 5.37. The topological polar surface area (TPSA) is 35.8 Å². The molecule has 1 N–H and O–H groups in total. The van der Waals surface area contributed by atoms with Crippen LogP contribution >= 0.6 is 0 Å². The molecule has 18 heavy (non-hydrogen) atoms. The Morgan fingerprint density at radius 1 is 1.11 bits per heavy atom. The molecule has 5 fully saturated rings. The predicted octanol–water partition coefficient (Wildman–Crippen LogP) is 3.36. The van der Waals surface area contributed by atoms with Crippen molar-refractivity contribution >= 4 is 0 Å². The molecule has 5 rings (SSSR count). The number of nitrogens with one attached hydrogen (secondary N) is 1. The molecule has 1 aliphatic heterocycles. The average Bonchev–Trinajstić information content (AvgIpc) is 2.81. The quantitative estimate of drug-likeness (QED) is 0.716. The Labute approximate surface area is 109 Å². The summed E-state index contributed by atoms with van der Waals surface area (Å²) in [5.41, 5.74) is 2.76. The maximum absolute atomic E-state index is 9.70. The third-order valence-electron chi connectivity index (χ3n) is 5.92. The molecule has 0 aromatic rings. The van der Waals surface area contributed by atoms with E-state index in [1.54, 1.807) is 0 Å². The second-order valence-electron chi connectivity index (χ2n) is 7.19. The number of hydrogen-bond donors (Lipinski definition) is 1. The van der Waals surface area contributed by atoms with Gasteiger partial charge in [-0.05, 0) is 69.1 Å². The van der Waals surface area contributed by atoms with E-state index in [0.29, 0.717) is 0 Å². The van der Waals surface area contributed by atoms with Crippen molar-refractivity contribution in [1.29, 1.82) is 5.26 Å². The first-order valence-electron chi connectivity index (χ1n) is 7.67. The molecule has 1 saturated heterocycles. The first-order chi connectivity index (χ1) is 8.79. The van der Waals surface area contributed by atoms with Crippen molar-refractivity contribution in [2.24, 2.45) is 23.2 Å². The van der Waals surface area contributed by atoms with Crippen molar-refractivity contribution in [3.8, 4) is 6.07 Å². The van der Waals surface area contributed by atoms with Crippen molar-refractivity contribution in [1.82, 2.24) is 5.32 Å². The van der Waals surface area contributed by atoms with E-state index in [9.17, 15) is 5.26 Å². The van der Waals surface area contributed by atoms with E-state index < -0.39 is 0 Å². The Kier molecular flexibility index (Phi) is 2.28. The fourth-order valence-electron chi connectivity index (χ4n) is 5.73. The summed E-state index contributed by atoms with van der Waals surface area (Å²) in [6.07, 6.45) is 10.6. The molecule has 0 radical (unpaired) electrons. The number of nitriles is 1. The summed E-state index contributed by atoms with van der Waals surface area (Å²) >= 11 is 0. The number of hydrogen-bond acceptors (Lipinski definition) is 2. The standard InChI is InChI=1S/C16H22N2/c17-10-14(15-2-1-3-18-15)16-7-11-4-12(8-16)6-13(5-11)9-16/h11-13,18H,1-9H2/b15-14+. The van der Waals surface area contributed by atoms with Gasteiger partial charge in [0.2, 0.25) is 0 Å². The van der Waals surface area contributed by atoms with Gasteiger partial charge in [0.25, 0.3) is 0 Å². The van der Waals surface area contributed by atoms with E-state index in [0.717, 1.165) is 30.7 Å². The number of rotatable bonds is 1. The lowest BCUT2D eigenvalue weighted by Gasteiger charge is -2.56. The molecule has 4 aliphatic carbocycles. The monoisotopic (exact) mass is 242 g/mol. The van der Waals surface area contributed by atoms with Gasteiger partial charge in [-0.2, -0.15) is 5.26 Å². The molecule has 1 heterocycles. The predicted molar refractivity (Wildman–Crippen MR) is 70.5 cm³/mol. The maximum atomic E-state index is 9.70. The van der Waals surface area contributed by atoms with Crippen molar-refractivity contribution in [2.45, 2.75) is 51.4 Å². The SMILES string of the molecule is N#C/C(=C1/CCCN1)C12CC3CC(CC(C3)C1)C2. The summed E-state index contributed by atoms with van der Waals surface area (Å²) < 4.78 is 0. The van der Waals surface area contributed by atoms with Crippen LogP contribution in [0.3, 0.4) is 0 Å². The highest BCUT2D eigenvalue weighted by Gasteiger charge is 2.53. The molecule has 96 valence electrons. The first kappa shape index (κ1) is 10.9. The fourth-order valence-corrected chi connectivity index (χ4v) is 5.73. The van der Waals surface area contributed by atoms with Crippen molar-refractivity contribution in [3.63, 3.8) is 0 Å². The van der Waals surface area contributed by atoms with Crippen LogP contribution in [0, 0.1) is 34.5 Å². The van der Waals surface area contributed by atoms with Gasteiger partial charge in [-0.1, -0.05) is 0 Å². The van der Waals surface area contributed by atoms with Crippen LogP contribution in [0.15, 0.2) is 11.3 Å². The number of allylic oxidation sites excluding steroid dienone is 2. The van der Waals surface area contributed by atoms with Gasteiger partial charge in [0, 0.05) is 17.7 Å². The van der Waals surface area contributed by atoms with Gasteiger partial charge in [-0.3, -0.25) is 0 Å². The molecule has 5 aliphatic rings. The highest BCUT2D eigenvalue weighted by Crippen LogP contribution is 2.63. The second-order valence-corrected chi connectivity index (χ2v) is 7.19. The normalized spacial score (nSPS) is 47.8. The zero-order valence-electron chi connectivity index (χ0n) is 11.0. The molecular weight excluding hydrogens is 220 g/mol. The summed E-state index contributed by atoms with van der Waals surface area (Å²) in [7, 11) is 0. The largest absolute Gasteiger partial charge is 0.388 e. The molecule has 4 bridgehead atoms. The molecule has 0 aromatic heterocycles. The van der Waals surface area contributed by atoms with Gasteiger partial charge in [0.15, 0.2) is 0 Å². The van der Waals surface area contributed by atoms with Crippen LogP contribution in [0.1, 0.15) is 51.4 Å². The van der Waals surface area contributed by atoms with E-state index >= 15 is 0 Å². The van der Waals surface area contributed by atoms with Crippen LogP contribution in [0.4, 0.5) is 0 Å². The minimum atomic E-state index is 0.288. The van der Waals surface area contributed by atoms with Crippen LogP contribution in [0.2, 0.25) is 0 Å². The zero-order chi connectivity index (χ0) is 12.2. The highest BCUT2D eigenvalue weighted by atomic mass is 14.9. The van der Waals surface area contributed by atoms with Crippen LogP contribution in [0.25, 0.3) is 0 Å². The van der Waals surface area contributed by atoms with E-state index in [1.165, 1.54) is 56.2 Å². The van der Waals surface area contributed by atoms with Crippen LogP contribution in [-0.2, 0) is 0 Å². The minimum Gasteiger partial charge on any atom is -0.388 e. The summed E-state index contributed by atoms with van der Waals surface area (Å²) in [5, 5.41) is 13.2. The summed E-state index contributed by atoms with van der Waals surface area (Å²) in [6, 6.07) is 2.62. The van der Waals surface area contributed by atoms with Crippen molar-refractivity contribution in [3.05, 3.63) is 11.3 Å². The third kappa shape index (κ3) is 1.46. The number of nitrogens with zero attached hydrogens (tertiary/aromatic N) is 1. The molecule has 0 amide bonds. The van der Waals surface area contributed by atoms with Gasteiger partial charge in [-0.25, -0.2) is 0 Å². The lowest BCUT2D eigenvalue weighted by atomic mass is 9.47. The van der Waals surface area contributed by atoms with Gasteiger partial charge < -0.3 is 5.32 Å². The van der Waals surface area contributed by atoms with Crippen LogP contribution in [0.5, 0.6) is 0 Å². The molecule has 4 saturated carbocycles. The van der Waals surface area contributed by atoms with Gasteiger partial charge in [-0.15, -0.1) is 0 Å². The average molecular weight is 242 g/mol. The van der Waals surface area contributed by atoms with Crippen molar-refractivity contribution < 1.29 is 0 Å². The van der Waals surface area contributed by atoms with Crippen LogP contribution in [-0.4, -0.2) is 6.54 Å². The lowest BCUT2D eigenvalue weighted by Crippen LogP contribution is -2.47. The summed E-state index contributed by atoms with van der Waals surface area (Å²) in [5.74, 6) is 2.80. The van der Waals surface area contributed by atoms with E-state index in [4.69, 9.17) is 0 Å². The first-order valence-corrected chi connectivity index (χ1v) is 7.67. The van der Waals surface area contributed by atoms with E-state index in [2.05, 4.69) is 11.4 Å². The van der Waals surface area contributed by atoms with Crippen molar-refractivity contribution in [2.75, 3.05) is 6.54 Å². The zero-order valence-corrected chi connectivity index (χ0v) is 11.0. The summed E-state index contributed by atoms with van der Waals surface area (Å²) in [4.78, 5) is 0. The minimum absolute atomic E-state index is 0.288. The molecule has 2 nitrogen and oxygen atoms in total. The lowest BCUT2D eigenvalue weighted by molar-refractivity contribution is -0.0287. The molecule has 0 atom stereocenters. The Hall–Kier alpha value is -0.970. The Balaban J connectivity index is 1.74. The smallest absolute Gasteiger partial charge is 0.0971 e. The molecule has 0 aromatic carbocycles. The summed E-state index contributed by atoms with van der Waals surface area (Å²) in [6.45, 7) is 1.08.